The largest absolute Gasteiger partial charge is 0.366 e. The van der Waals surface area contributed by atoms with Gasteiger partial charge in [-0.2, -0.15) is 0 Å². The molecule has 1 unspecified atom stereocenters. The van der Waals surface area contributed by atoms with Crippen LogP contribution in [-0.2, 0) is 14.4 Å². The van der Waals surface area contributed by atoms with E-state index in [2.05, 4.69) is 5.32 Å². The normalized spacial score (nSPS) is 21.8. The van der Waals surface area contributed by atoms with Crippen LogP contribution in [0.25, 0.3) is 0 Å². The summed E-state index contributed by atoms with van der Waals surface area (Å²) in [6.07, 6.45) is 0.0384. The molecule has 0 aromatic heterocycles. The lowest BCUT2D eigenvalue weighted by Gasteiger charge is -2.36. The highest BCUT2D eigenvalue weighted by Gasteiger charge is 2.45. The fourth-order valence-electron chi connectivity index (χ4n) is 4.00. The lowest BCUT2D eigenvalue weighted by molar-refractivity contribution is -0.136. The number of alkyl halides is 1. The van der Waals surface area contributed by atoms with Crippen LogP contribution in [0.1, 0.15) is 33.6 Å². The van der Waals surface area contributed by atoms with Crippen LogP contribution < -0.4 is 10.2 Å². The molecular weight excluding hydrogens is 419 g/mol. The summed E-state index contributed by atoms with van der Waals surface area (Å²) in [7, 11) is 0. The summed E-state index contributed by atoms with van der Waals surface area (Å²) in [6, 6.07) is 1.22. The molecule has 2 saturated heterocycles. The number of piperazine rings is 1. The van der Waals surface area contributed by atoms with E-state index in [9.17, 15) is 28.4 Å². The molecule has 3 aliphatic rings. The van der Waals surface area contributed by atoms with Gasteiger partial charge >= 0.3 is 0 Å². The number of hydrogen-bond donors (Lipinski definition) is 1. The lowest BCUT2D eigenvalue weighted by Crippen LogP contribution is -2.54. The molecule has 2 fully saturated rings. The van der Waals surface area contributed by atoms with E-state index in [-0.39, 0.29) is 41.4 Å². The number of fused-ring (bicyclic) bond motifs is 1. The van der Waals surface area contributed by atoms with Crippen molar-refractivity contribution in [1.29, 1.82) is 0 Å². The van der Waals surface area contributed by atoms with Crippen molar-refractivity contribution < 1.29 is 28.4 Å². The first-order valence-electron chi connectivity index (χ1n) is 9.45. The van der Waals surface area contributed by atoms with Gasteiger partial charge in [-0.1, -0.05) is 0 Å². The van der Waals surface area contributed by atoms with E-state index in [0.29, 0.717) is 26.2 Å². The van der Waals surface area contributed by atoms with Gasteiger partial charge in [0.15, 0.2) is 0 Å². The second kappa shape index (κ2) is 7.67. The van der Waals surface area contributed by atoms with Crippen molar-refractivity contribution in [2.24, 2.45) is 0 Å². The molecule has 0 bridgehead atoms. The molecule has 11 heteroatoms. The molecule has 3 aliphatic heterocycles. The Hall–Kier alpha value is -3.01. The SMILES string of the molecule is O=C1CCC(N2C(=O)c3cc(F)c(N4CCN(C(=O)CCl)CC4)cc3C2=O)C(=O)N1. The number of hydrogen-bond acceptors (Lipinski definition) is 6. The molecule has 1 atom stereocenters. The number of amides is 5. The van der Waals surface area contributed by atoms with Crippen LogP contribution in [0.2, 0.25) is 0 Å². The Kier molecular flexibility index (Phi) is 5.19. The molecule has 4 rings (SSSR count). The van der Waals surface area contributed by atoms with E-state index in [1.807, 2.05) is 0 Å². The first-order chi connectivity index (χ1) is 14.3. The molecule has 3 heterocycles. The zero-order valence-corrected chi connectivity index (χ0v) is 16.6. The molecule has 1 N–H and O–H groups in total. The summed E-state index contributed by atoms with van der Waals surface area (Å²) in [5.41, 5.74) is 0.0558. The van der Waals surface area contributed by atoms with Gasteiger partial charge in [0.25, 0.3) is 11.8 Å². The van der Waals surface area contributed by atoms with Gasteiger partial charge in [0.2, 0.25) is 17.7 Å². The van der Waals surface area contributed by atoms with E-state index < -0.39 is 35.5 Å². The van der Waals surface area contributed by atoms with Crippen LogP contribution in [-0.4, -0.2) is 77.4 Å². The number of carbonyl (C=O) groups is 5. The summed E-state index contributed by atoms with van der Waals surface area (Å²) in [4.78, 5) is 64.9. The molecule has 158 valence electrons. The van der Waals surface area contributed by atoms with E-state index in [4.69, 9.17) is 11.6 Å². The van der Waals surface area contributed by atoms with Crippen LogP contribution in [0.5, 0.6) is 0 Å². The van der Waals surface area contributed by atoms with Gasteiger partial charge in [-0.25, -0.2) is 4.39 Å². The molecule has 1 aromatic rings. The summed E-state index contributed by atoms with van der Waals surface area (Å²) in [6.45, 7) is 1.41. The number of halogens is 2. The Bertz CT molecular complexity index is 976. The predicted molar refractivity (Wildman–Crippen MR) is 103 cm³/mol. The van der Waals surface area contributed by atoms with Crippen molar-refractivity contribution in [3.8, 4) is 0 Å². The number of nitrogens with zero attached hydrogens (tertiary/aromatic N) is 3. The van der Waals surface area contributed by atoms with Gasteiger partial charge in [-0.15, -0.1) is 11.6 Å². The Morgan fingerprint density at radius 1 is 1.07 bits per heavy atom. The molecule has 0 radical (unpaired) electrons. The monoisotopic (exact) mass is 436 g/mol. The minimum atomic E-state index is -1.10. The standard InChI is InChI=1S/C19H18ClFN4O5/c20-9-16(27)24-5-3-23(4-6-24)14-8-11-10(7-12(14)21)18(29)25(19(11)30)13-1-2-15(26)22-17(13)28/h7-8,13H,1-6,9H2,(H,22,26,28). The van der Waals surface area contributed by atoms with Crippen LogP contribution in [0.3, 0.4) is 0 Å². The Morgan fingerprint density at radius 2 is 1.70 bits per heavy atom. The number of carbonyl (C=O) groups excluding carboxylic acids is 5. The van der Waals surface area contributed by atoms with E-state index in [1.165, 1.54) is 6.07 Å². The average molecular weight is 437 g/mol. The topological polar surface area (TPSA) is 107 Å². The van der Waals surface area contributed by atoms with E-state index in [0.717, 1.165) is 11.0 Å². The minimum Gasteiger partial charge on any atom is -0.366 e. The summed E-state index contributed by atoms with van der Waals surface area (Å²) in [5.74, 6) is -3.63. The van der Waals surface area contributed by atoms with Crippen molar-refractivity contribution in [2.45, 2.75) is 18.9 Å². The van der Waals surface area contributed by atoms with Crippen molar-refractivity contribution in [3.63, 3.8) is 0 Å². The van der Waals surface area contributed by atoms with Gasteiger partial charge in [0.1, 0.15) is 17.7 Å². The van der Waals surface area contributed by atoms with Crippen molar-refractivity contribution in [3.05, 3.63) is 29.1 Å². The number of imide groups is 2. The number of benzene rings is 1. The smallest absolute Gasteiger partial charge is 0.262 e. The minimum absolute atomic E-state index is 0.00865. The predicted octanol–water partition coefficient (Wildman–Crippen LogP) is 0.114. The lowest BCUT2D eigenvalue weighted by atomic mass is 10.0. The van der Waals surface area contributed by atoms with E-state index in [1.54, 1.807) is 9.80 Å². The first-order valence-corrected chi connectivity index (χ1v) is 9.99. The highest BCUT2D eigenvalue weighted by atomic mass is 35.5. The molecule has 1 aromatic carbocycles. The van der Waals surface area contributed by atoms with Crippen molar-refractivity contribution in [1.82, 2.24) is 15.1 Å². The number of piperidine rings is 1. The molecular formula is C19H18ClFN4O5. The molecule has 0 saturated carbocycles. The van der Waals surface area contributed by atoms with Crippen LogP contribution in [0, 0.1) is 5.82 Å². The Balaban J connectivity index is 1.58. The highest BCUT2D eigenvalue weighted by Crippen LogP contribution is 2.33. The zero-order valence-electron chi connectivity index (χ0n) is 15.8. The second-order valence-electron chi connectivity index (χ2n) is 7.30. The third-order valence-corrected chi connectivity index (χ3v) is 5.82. The summed E-state index contributed by atoms with van der Waals surface area (Å²) < 4.78 is 14.8. The van der Waals surface area contributed by atoms with Crippen molar-refractivity contribution in [2.75, 3.05) is 37.0 Å². The summed E-state index contributed by atoms with van der Waals surface area (Å²) >= 11 is 5.57. The third kappa shape index (κ3) is 3.30. The molecule has 0 aliphatic carbocycles. The Morgan fingerprint density at radius 3 is 2.30 bits per heavy atom. The maximum absolute atomic E-state index is 14.8. The maximum atomic E-state index is 14.8. The van der Waals surface area contributed by atoms with Crippen LogP contribution >= 0.6 is 11.6 Å². The van der Waals surface area contributed by atoms with Crippen molar-refractivity contribution >= 4 is 46.8 Å². The van der Waals surface area contributed by atoms with Gasteiger partial charge in [0, 0.05) is 32.6 Å². The highest BCUT2D eigenvalue weighted by molar-refractivity contribution is 6.27. The van der Waals surface area contributed by atoms with Crippen LogP contribution in [0.4, 0.5) is 10.1 Å². The molecule has 0 spiro atoms. The molecule has 5 amide bonds. The number of rotatable bonds is 3. The average Bonchev–Trinajstić information content (AvgIpc) is 2.97. The maximum Gasteiger partial charge on any atom is 0.262 e. The number of nitrogens with one attached hydrogen (secondary N) is 1. The van der Waals surface area contributed by atoms with Gasteiger partial charge in [-0.3, -0.25) is 34.2 Å². The van der Waals surface area contributed by atoms with E-state index >= 15 is 0 Å². The second-order valence-corrected chi connectivity index (χ2v) is 7.57. The zero-order chi connectivity index (χ0) is 21.6. The quantitative estimate of drug-likeness (QED) is 0.532. The number of anilines is 1. The van der Waals surface area contributed by atoms with Crippen LogP contribution in [0.15, 0.2) is 12.1 Å². The Labute approximate surface area is 175 Å². The first kappa shape index (κ1) is 20.3. The molecule has 30 heavy (non-hydrogen) atoms. The molecule has 9 nitrogen and oxygen atoms in total. The third-order valence-electron chi connectivity index (χ3n) is 5.59. The summed E-state index contributed by atoms with van der Waals surface area (Å²) in [5, 5.41) is 2.12. The van der Waals surface area contributed by atoms with Gasteiger partial charge in [-0.05, 0) is 18.6 Å². The fourth-order valence-corrected chi connectivity index (χ4v) is 4.17. The van der Waals surface area contributed by atoms with Gasteiger partial charge in [0.05, 0.1) is 16.8 Å². The van der Waals surface area contributed by atoms with Gasteiger partial charge < -0.3 is 9.80 Å². The fraction of sp³-hybridized carbons (Fsp3) is 0.421.